The summed E-state index contributed by atoms with van der Waals surface area (Å²) in [6.07, 6.45) is 5.62. The van der Waals surface area contributed by atoms with Gasteiger partial charge in [0.15, 0.2) is 0 Å². The minimum absolute atomic E-state index is 0.191. The fourth-order valence-corrected chi connectivity index (χ4v) is 1.78. The van der Waals surface area contributed by atoms with Gasteiger partial charge in [0.05, 0.1) is 0 Å². The maximum Gasteiger partial charge on any atom is 0.271 e. The van der Waals surface area contributed by atoms with Gasteiger partial charge in [0.2, 0.25) is 0 Å². The van der Waals surface area contributed by atoms with E-state index in [-0.39, 0.29) is 5.91 Å². The zero-order chi connectivity index (χ0) is 13.1. The molecule has 0 aliphatic carbocycles. The molecule has 0 bridgehead atoms. The molecule has 0 saturated carbocycles. The van der Waals surface area contributed by atoms with E-state index in [4.69, 9.17) is 0 Å². The van der Waals surface area contributed by atoms with Crippen LogP contribution >= 0.6 is 0 Å². The number of imidazole rings is 1. The first kappa shape index (κ1) is 11.4. The van der Waals surface area contributed by atoms with Gasteiger partial charge in [-0.1, -0.05) is 6.07 Å². The number of carbonyl (C=O) groups is 1. The molecule has 0 unspecified atom stereocenters. The highest BCUT2D eigenvalue weighted by atomic mass is 16.1. The Bertz CT molecular complexity index is 654. The zero-order valence-electron chi connectivity index (χ0n) is 10.1. The Balaban J connectivity index is 1.63. The molecule has 0 saturated heterocycles. The van der Waals surface area contributed by atoms with E-state index in [0.29, 0.717) is 18.7 Å². The van der Waals surface area contributed by atoms with Crippen molar-refractivity contribution in [2.45, 2.75) is 6.42 Å². The molecular formula is C12H12N6O. The molecule has 0 radical (unpaired) electrons. The Morgan fingerprint density at radius 1 is 1.42 bits per heavy atom. The topological polar surface area (TPSA) is 88.0 Å². The lowest BCUT2D eigenvalue weighted by molar-refractivity contribution is 0.0949. The van der Waals surface area contributed by atoms with Gasteiger partial charge in [-0.05, 0) is 12.1 Å². The van der Waals surface area contributed by atoms with Gasteiger partial charge in [-0.2, -0.15) is 5.10 Å². The van der Waals surface area contributed by atoms with E-state index in [1.54, 1.807) is 6.20 Å². The minimum Gasteiger partial charge on any atom is -0.350 e. The third kappa shape index (κ3) is 2.44. The molecular weight excluding hydrogens is 244 g/mol. The summed E-state index contributed by atoms with van der Waals surface area (Å²) in [7, 11) is 0. The lowest BCUT2D eigenvalue weighted by Gasteiger charge is -2.00. The highest BCUT2D eigenvalue weighted by molar-refractivity contribution is 5.92. The van der Waals surface area contributed by atoms with Crippen LogP contribution in [0.1, 0.15) is 16.3 Å². The number of H-pyrrole nitrogens is 1. The molecule has 0 aliphatic heterocycles. The van der Waals surface area contributed by atoms with Crippen LogP contribution in [0.3, 0.4) is 0 Å². The maximum absolute atomic E-state index is 11.9. The number of pyridine rings is 1. The number of carbonyl (C=O) groups excluding carboxylic acids is 1. The number of amides is 1. The molecule has 0 fully saturated rings. The first-order valence-electron chi connectivity index (χ1n) is 5.89. The second-order valence-electron chi connectivity index (χ2n) is 4.03. The number of nitrogens with one attached hydrogen (secondary N) is 2. The maximum atomic E-state index is 11.9. The van der Waals surface area contributed by atoms with Crippen molar-refractivity contribution in [2.75, 3.05) is 6.54 Å². The third-order valence-corrected chi connectivity index (χ3v) is 2.71. The SMILES string of the molecule is O=C(NCCc1ncn[nH]1)c1cn2ccccc2n1. The predicted octanol–water partition coefficient (Wildman–Crippen LogP) is 0.425. The summed E-state index contributed by atoms with van der Waals surface area (Å²) in [5.74, 6) is 0.554. The van der Waals surface area contributed by atoms with Crippen LogP contribution in [0.15, 0.2) is 36.9 Å². The molecule has 0 spiro atoms. The highest BCUT2D eigenvalue weighted by Crippen LogP contribution is 2.04. The number of hydrogen-bond donors (Lipinski definition) is 2. The molecule has 19 heavy (non-hydrogen) atoms. The molecule has 7 nitrogen and oxygen atoms in total. The van der Waals surface area contributed by atoms with Gasteiger partial charge < -0.3 is 9.72 Å². The van der Waals surface area contributed by atoms with Crippen molar-refractivity contribution in [3.8, 4) is 0 Å². The van der Waals surface area contributed by atoms with E-state index < -0.39 is 0 Å². The molecule has 1 amide bonds. The van der Waals surface area contributed by atoms with Crippen molar-refractivity contribution < 1.29 is 4.79 Å². The standard InChI is InChI=1S/C12H12N6O/c19-12(13-5-4-10-14-8-15-17-10)9-7-18-6-2-1-3-11(18)16-9/h1-3,6-8H,4-5H2,(H,13,19)(H,14,15,17). The molecule has 96 valence electrons. The van der Waals surface area contributed by atoms with Crippen molar-refractivity contribution in [1.82, 2.24) is 29.9 Å². The van der Waals surface area contributed by atoms with Gasteiger partial charge in [0.25, 0.3) is 5.91 Å². The van der Waals surface area contributed by atoms with Crippen LogP contribution in [0.25, 0.3) is 5.65 Å². The fourth-order valence-electron chi connectivity index (χ4n) is 1.78. The first-order chi connectivity index (χ1) is 9.33. The Morgan fingerprint density at radius 2 is 2.37 bits per heavy atom. The molecule has 7 heteroatoms. The Morgan fingerprint density at radius 3 is 3.16 bits per heavy atom. The number of aromatic amines is 1. The zero-order valence-corrected chi connectivity index (χ0v) is 10.1. The fraction of sp³-hybridized carbons (Fsp3) is 0.167. The van der Waals surface area contributed by atoms with E-state index >= 15 is 0 Å². The lowest BCUT2D eigenvalue weighted by Crippen LogP contribution is -2.26. The molecule has 3 heterocycles. The average molecular weight is 256 g/mol. The molecule has 3 aromatic rings. The molecule has 0 aliphatic rings. The quantitative estimate of drug-likeness (QED) is 0.708. The average Bonchev–Trinajstić information content (AvgIpc) is 3.07. The third-order valence-electron chi connectivity index (χ3n) is 2.71. The number of nitrogens with zero attached hydrogens (tertiary/aromatic N) is 4. The van der Waals surface area contributed by atoms with E-state index in [0.717, 1.165) is 11.5 Å². The predicted molar refractivity (Wildman–Crippen MR) is 67.6 cm³/mol. The summed E-state index contributed by atoms with van der Waals surface area (Å²) in [5, 5.41) is 9.28. The van der Waals surface area contributed by atoms with E-state index in [1.807, 2.05) is 28.8 Å². The molecule has 0 aromatic carbocycles. The van der Waals surface area contributed by atoms with Crippen molar-refractivity contribution in [2.24, 2.45) is 0 Å². The summed E-state index contributed by atoms with van der Waals surface area (Å²) in [5.41, 5.74) is 1.16. The monoisotopic (exact) mass is 256 g/mol. The van der Waals surface area contributed by atoms with Gasteiger partial charge in [-0.3, -0.25) is 9.89 Å². The van der Waals surface area contributed by atoms with E-state index in [9.17, 15) is 4.79 Å². The van der Waals surface area contributed by atoms with Crippen LogP contribution in [0.2, 0.25) is 0 Å². The Kier molecular flexibility index (Phi) is 2.93. The molecule has 2 N–H and O–H groups in total. The van der Waals surface area contributed by atoms with Gasteiger partial charge in [0, 0.05) is 25.4 Å². The van der Waals surface area contributed by atoms with Crippen molar-refractivity contribution in [3.63, 3.8) is 0 Å². The summed E-state index contributed by atoms with van der Waals surface area (Å²) >= 11 is 0. The van der Waals surface area contributed by atoms with Crippen LogP contribution in [0, 0.1) is 0 Å². The summed E-state index contributed by atoms with van der Waals surface area (Å²) in [6.45, 7) is 0.488. The van der Waals surface area contributed by atoms with Gasteiger partial charge in [-0.25, -0.2) is 9.97 Å². The lowest BCUT2D eigenvalue weighted by atomic mass is 10.4. The minimum atomic E-state index is -0.191. The highest BCUT2D eigenvalue weighted by Gasteiger charge is 2.09. The van der Waals surface area contributed by atoms with Crippen molar-refractivity contribution in [1.29, 1.82) is 0 Å². The van der Waals surface area contributed by atoms with Crippen LogP contribution in [-0.4, -0.2) is 37.0 Å². The summed E-state index contributed by atoms with van der Waals surface area (Å²) in [6, 6.07) is 5.62. The van der Waals surface area contributed by atoms with Crippen LogP contribution in [-0.2, 0) is 6.42 Å². The van der Waals surface area contributed by atoms with Crippen molar-refractivity contribution in [3.05, 3.63) is 48.4 Å². The second-order valence-corrected chi connectivity index (χ2v) is 4.03. The number of aromatic nitrogens is 5. The van der Waals surface area contributed by atoms with Gasteiger partial charge in [0.1, 0.15) is 23.5 Å². The molecule has 3 aromatic heterocycles. The summed E-state index contributed by atoms with van der Waals surface area (Å²) in [4.78, 5) is 20.1. The summed E-state index contributed by atoms with van der Waals surface area (Å²) < 4.78 is 1.81. The van der Waals surface area contributed by atoms with Gasteiger partial charge >= 0.3 is 0 Å². The smallest absolute Gasteiger partial charge is 0.271 e. The normalized spacial score (nSPS) is 10.7. The van der Waals surface area contributed by atoms with E-state index in [2.05, 4.69) is 25.5 Å². The molecule has 0 atom stereocenters. The van der Waals surface area contributed by atoms with Crippen LogP contribution in [0.4, 0.5) is 0 Å². The molecule has 3 rings (SSSR count). The van der Waals surface area contributed by atoms with Crippen molar-refractivity contribution >= 4 is 11.6 Å². The van der Waals surface area contributed by atoms with Crippen LogP contribution < -0.4 is 5.32 Å². The Hall–Kier alpha value is -2.70. The largest absolute Gasteiger partial charge is 0.350 e. The number of rotatable bonds is 4. The van der Waals surface area contributed by atoms with E-state index in [1.165, 1.54) is 6.33 Å². The van der Waals surface area contributed by atoms with Gasteiger partial charge in [-0.15, -0.1) is 0 Å². The Labute approximate surface area is 108 Å². The van der Waals surface area contributed by atoms with Crippen LogP contribution in [0.5, 0.6) is 0 Å². The number of fused-ring (bicyclic) bond motifs is 1. The number of hydrogen-bond acceptors (Lipinski definition) is 4. The first-order valence-corrected chi connectivity index (χ1v) is 5.89. The second kappa shape index (κ2) is 4.89.